The smallest absolute Gasteiger partial charge is 0.0758 e. The molecule has 0 saturated carbocycles. The molecule has 0 heterocycles. The average Bonchev–Trinajstić information content (AvgIpc) is 2.05. The van der Waals surface area contributed by atoms with E-state index >= 15 is 0 Å². The third-order valence-electron chi connectivity index (χ3n) is 2.43. The predicted molar refractivity (Wildman–Crippen MR) is 50.7 cm³/mol. The molecule has 0 radical (unpaired) electrons. The van der Waals surface area contributed by atoms with Crippen molar-refractivity contribution in [2.24, 2.45) is 11.1 Å². The highest BCUT2D eigenvalue weighted by atomic mass is 16.3. The maximum atomic E-state index is 9.27. The molecule has 1 aliphatic rings. The number of rotatable bonds is 2. The summed E-state index contributed by atoms with van der Waals surface area (Å²) in [6, 6.07) is 0. The molecule has 1 unspecified atom stereocenters. The lowest BCUT2D eigenvalue weighted by Gasteiger charge is -2.26. The Labute approximate surface area is 73.8 Å². The summed E-state index contributed by atoms with van der Waals surface area (Å²) < 4.78 is 0. The van der Waals surface area contributed by atoms with E-state index in [4.69, 9.17) is 5.73 Å². The molecule has 68 valence electrons. The van der Waals surface area contributed by atoms with Crippen LogP contribution in [0, 0.1) is 5.41 Å². The van der Waals surface area contributed by atoms with E-state index < -0.39 is 0 Å². The molecular formula is C10H17NO. The van der Waals surface area contributed by atoms with E-state index in [1.807, 2.05) is 6.08 Å². The number of allylic oxidation sites excluding steroid dienone is 1. The quantitative estimate of drug-likeness (QED) is 0.649. The highest BCUT2D eigenvalue weighted by Crippen LogP contribution is 2.28. The van der Waals surface area contributed by atoms with E-state index in [0.29, 0.717) is 6.54 Å². The maximum Gasteiger partial charge on any atom is 0.0758 e. The van der Waals surface area contributed by atoms with Gasteiger partial charge >= 0.3 is 0 Å². The Morgan fingerprint density at radius 1 is 1.75 bits per heavy atom. The molecular weight excluding hydrogens is 150 g/mol. The second-order valence-electron chi connectivity index (χ2n) is 3.78. The average molecular weight is 167 g/mol. The molecule has 0 aromatic carbocycles. The Morgan fingerprint density at radius 3 is 2.75 bits per heavy atom. The van der Waals surface area contributed by atoms with Crippen LogP contribution in [0.15, 0.2) is 23.8 Å². The van der Waals surface area contributed by atoms with Gasteiger partial charge in [-0.2, -0.15) is 0 Å². The van der Waals surface area contributed by atoms with Gasteiger partial charge in [-0.3, -0.25) is 0 Å². The van der Waals surface area contributed by atoms with Gasteiger partial charge in [-0.05, 0) is 18.9 Å². The molecule has 1 aliphatic carbocycles. The van der Waals surface area contributed by atoms with Crippen LogP contribution in [0.3, 0.4) is 0 Å². The number of aliphatic hydroxyl groups is 1. The number of hydrogen-bond donors (Lipinski definition) is 2. The lowest BCUT2D eigenvalue weighted by atomic mass is 9.81. The zero-order valence-corrected chi connectivity index (χ0v) is 7.75. The van der Waals surface area contributed by atoms with Crippen LogP contribution >= 0.6 is 0 Å². The summed E-state index contributed by atoms with van der Waals surface area (Å²) in [5.74, 6) is 0. The Morgan fingerprint density at radius 2 is 2.42 bits per heavy atom. The molecule has 0 saturated heterocycles. The van der Waals surface area contributed by atoms with Crippen molar-refractivity contribution in [3.05, 3.63) is 23.8 Å². The molecule has 0 fully saturated rings. The van der Waals surface area contributed by atoms with E-state index in [2.05, 4.69) is 19.1 Å². The van der Waals surface area contributed by atoms with E-state index in [1.54, 1.807) is 6.92 Å². The first kappa shape index (κ1) is 9.49. The van der Waals surface area contributed by atoms with E-state index in [9.17, 15) is 5.11 Å². The van der Waals surface area contributed by atoms with Crippen LogP contribution in [0.25, 0.3) is 0 Å². The highest BCUT2D eigenvalue weighted by Gasteiger charge is 2.21. The first-order chi connectivity index (χ1) is 5.57. The number of aliphatic hydroxyl groups excluding tert-OH is 1. The Hall–Kier alpha value is -0.600. The standard InChI is InChI=1S/C10H17NO/c1-8(12)9-3-5-10(2,7-11)6-4-9/h3-5,8,12H,6-7,11H2,1-2H3/t8?,10-/m0/s1. The molecule has 3 N–H and O–H groups in total. The van der Waals surface area contributed by atoms with Gasteiger partial charge in [0.25, 0.3) is 0 Å². The van der Waals surface area contributed by atoms with Gasteiger partial charge in [0, 0.05) is 12.0 Å². The third-order valence-corrected chi connectivity index (χ3v) is 2.43. The van der Waals surface area contributed by atoms with Crippen molar-refractivity contribution < 1.29 is 5.11 Å². The zero-order chi connectivity index (χ0) is 9.19. The van der Waals surface area contributed by atoms with Crippen molar-refractivity contribution in [2.45, 2.75) is 26.4 Å². The molecule has 12 heavy (non-hydrogen) atoms. The predicted octanol–water partition coefficient (Wildman–Crippen LogP) is 1.22. The first-order valence-electron chi connectivity index (χ1n) is 4.35. The first-order valence-corrected chi connectivity index (χ1v) is 4.35. The van der Waals surface area contributed by atoms with Crippen molar-refractivity contribution in [1.29, 1.82) is 0 Å². The minimum absolute atomic E-state index is 0.0956. The van der Waals surface area contributed by atoms with Crippen molar-refractivity contribution in [3.8, 4) is 0 Å². The Balaban J connectivity index is 2.67. The maximum absolute atomic E-state index is 9.27. The van der Waals surface area contributed by atoms with Gasteiger partial charge in [-0.15, -0.1) is 0 Å². The fourth-order valence-corrected chi connectivity index (χ4v) is 1.25. The highest BCUT2D eigenvalue weighted by molar-refractivity contribution is 5.28. The summed E-state index contributed by atoms with van der Waals surface area (Å²) in [5.41, 5.74) is 6.71. The summed E-state index contributed by atoms with van der Waals surface area (Å²) in [6.07, 6.45) is 6.71. The molecule has 0 bridgehead atoms. The number of nitrogens with two attached hydrogens (primary N) is 1. The summed E-state index contributed by atoms with van der Waals surface area (Å²) in [5, 5.41) is 9.27. The Bertz CT molecular complexity index is 218. The fourth-order valence-electron chi connectivity index (χ4n) is 1.25. The molecule has 0 spiro atoms. The molecule has 1 rings (SSSR count). The van der Waals surface area contributed by atoms with E-state index in [0.717, 1.165) is 12.0 Å². The van der Waals surface area contributed by atoms with Gasteiger partial charge in [-0.25, -0.2) is 0 Å². The monoisotopic (exact) mass is 167 g/mol. The molecule has 0 amide bonds. The SMILES string of the molecule is CC(O)C1=CC[C@@](C)(CN)C=C1. The second-order valence-corrected chi connectivity index (χ2v) is 3.78. The van der Waals surface area contributed by atoms with Gasteiger partial charge < -0.3 is 10.8 Å². The number of hydrogen-bond acceptors (Lipinski definition) is 2. The molecule has 2 nitrogen and oxygen atoms in total. The lowest BCUT2D eigenvalue weighted by molar-refractivity contribution is 0.233. The van der Waals surface area contributed by atoms with Crippen LogP contribution < -0.4 is 5.73 Å². The lowest BCUT2D eigenvalue weighted by Crippen LogP contribution is -2.26. The minimum Gasteiger partial charge on any atom is -0.389 e. The van der Waals surface area contributed by atoms with Crippen molar-refractivity contribution >= 4 is 0 Å². The largest absolute Gasteiger partial charge is 0.389 e. The molecule has 0 aromatic heterocycles. The summed E-state index contributed by atoms with van der Waals surface area (Å²) >= 11 is 0. The van der Waals surface area contributed by atoms with Crippen LogP contribution in [0.5, 0.6) is 0 Å². The molecule has 2 atom stereocenters. The second kappa shape index (κ2) is 3.42. The molecule has 2 heteroatoms. The van der Waals surface area contributed by atoms with Crippen molar-refractivity contribution in [1.82, 2.24) is 0 Å². The van der Waals surface area contributed by atoms with Gasteiger partial charge in [0.1, 0.15) is 0 Å². The van der Waals surface area contributed by atoms with Crippen LogP contribution in [-0.4, -0.2) is 17.8 Å². The van der Waals surface area contributed by atoms with Crippen LogP contribution in [0.1, 0.15) is 20.3 Å². The summed E-state index contributed by atoms with van der Waals surface area (Å²) in [4.78, 5) is 0. The van der Waals surface area contributed by atoms with Gasteiger partial charge in [0.15, 0.2) is 0 Å². The normalized spacial score (nSPS) is 31.5. The van der Waals surface area contributed by atoms with Gasteiger partial charge in [0.05, 0.1) is 6.10 Å². The van der Waals surface area contributed by atoms with E-state index in [-0.39, 0.29) is 11.5 Å². The topological polar surface area (TPSA) is 46.2 Å². The van der Waals surface area contributed by atoms with Crippen molar-refractivity contribution in [2.75, 3.05) is 6.54 Å². The molecule has 0 aromatic rings. The molecule has 0 aliphatic heterocycles. The minimum atomic E-state index is -0.358. The van der Waals surface area contributed by atoms with Crippen LogP contribution in [0.4, 0.5) is 0 Å². The fraction of sp³-hybridized carbons (Fsp3) is 0.600. The van der Waals surface area contributed by atoms with Crippen LogP contribution in [0.2, 0.25) is 0 Å². The zero-order valence-electron chi connectivity index (χ0n) is 7.75. The van der Waals surface area contributed by atoms with Crippen LogP contribution in [-0.2, 0) is 0 Å². The third kappa shape index (κ3) is 1.96. The summed E-state index contributed by atoms with van der Waals surface area (Å²) in [6.45, 7) is 4.56. The van der Waals surface area contributed by atoms with Gasteiger partial charge in [-0.1, -0.05) is 25.2 Å². The summed E-state index contributed by atoms with van der Waals surface area (Å²) in [7, 11) is 0. The Kier molecular flexibility index (Phi) is 2.70. The van der Waals surface area contributed by atoms with Gasteiger partial charge in [0.2, 0.25) is 0 Å². The van der Waals surface area contributed by atoms with E-state index in [1.165, 1.54) is 0 Å². The van der Waals surface area contributed by atoms with Crippen molar-refractivity contribution in [3.63, 3.8) is 0 Å².